The zero-order valence-corrected chi connectivity index (χ0v) is 14.0. The highest BCUT2D eigenvalue weighted by atomic mass is 16.5. The molecule has 24 heavy (non-hydrogen) atoms. The summed E-state index contributed by atoms with van der Waals surface area (Å²) < 4.78 is 5.95. The summed E-state index contributed by atoms with van der Waals surface area (Å²) in [6.45, 7) is 4.24. The van der Waals surface area contributed by atoms with E-state index >= 15 is 0 Å². The normalized spacial score (nSPS) is 20.7. The number of benzene rings is 1. The molecular formula is C19H23N3O2. The van der Waals surface area contributed by atoms with Gasteiger partial charge in [0.15, 0.2) is 0 Å². The molecule has 1 fully saturated rings. The molecule has 5 heteroatoms. The van der Waals surface area contributed by atoms with Crippen molar-refractivity contribution in [1.82, 2.24) is 9.97 Å². The van der Waals surface area contributed by atoms with E-state index in [0.29, 0.717) is 6.61 Å². The minimum atomic E-state index is -0.0413. The first kappa shape index (κ1) is 15.4. The molecular weight excluding hydrogens is 302 g/mol. The fourth-order valence-corrected chi connectivity index (χ4v) is 3.72. The number of anilines is 1. The van der Waals surface area contributed by atoms with Gasteiger partial charge in [-0.05, 0) is 50.3 Å². The van der Waals surface area contributed by atoms with E-state index in [1.165, 1.54) is 24.1 Å². The molecule has 0 amide bonds. The minimum absolute atomic E-state index is 0.0413. The molecule has 1 unspecified atom stereocenters. The SMILES string of the molecule is Cc1nc2c(c(N3CCOC(c4cccc(O)c4)C3)n1)CCCC2. The Morgan fingerprint density at radius 2 is 2.08 bits per heavy atom. The zero-order valence-electron chi connectivity index (χ0n) is 14.0. The van der Waals surface area contributed by atoms with E-state index in [4.69, 9.17) is 9.72 Å². The second kappa shape index (κ2) is 6.40. The van der Waals surface area contributed by atoms with E-state index < -0.39 is 0 Å². The Morgan fingerprint density at radius 3 is 2.96 bits per heavy atom. The van der Waals surface area contributed by atoms with E-state index in [0.717, 1.165) is 43.1 Å². The second-order valence-electron chi connectivity index (χ2n) is 6.63. The van der Waals surface area contributed by atoms with E-state index in [2.05, 4.69) is 9.88 Å². The second-order valence-corrected chi connectivity index (χ2v) is 6.63. The Balaban J connectivity index is 1.64. The molecule has 1 aromatic carbocycles. The van der Waals surface area contributed by atoms with Crippen LogP contribution < -0.4 is 4.90 Å². The number of hydrogen-bond donors (Lipinski definition) is 1. The van der Waals surface area contributed by atoms with E-state index in [1.807, 2.05) is 19.1 Å². The number of nitrogens with zero attached hydrogens (tertiary/aromatic N) is 3. The summed E-state index contributed by atoms with van der Waals surface area (Å²) in [6.07, 6.45) is 4.52. The van der Waals surface area contributed by atoms with Crippen molar-refractivity contribution in [3.63, 3.8) is 0 Å². The highest BCUT2D eigenvalue weighted by molar-refractivity contribution is 5.51. The fourth-order valence-electron chi connectivity index (χ4n) is 3.72. The molecule has 1 atom stereocenters. The Labute approximate surface area is 142 Å². The number of phenolic OH excluding ortho intramolecular Hbond substituents is 1. The Kier molecular flexibility index (Phi) is 4.10. The topological polar surface area (TPSA) is 58.5 Å². The third kappa shape index (κ3) is 2.96. The van der Waals surface area contributed by atoms with Gasteiger partial charge in [-0.2, -0.15) is 0 Å². The molecule has 1 N–H and O–H groups in total. The number of phenols is 1. The molecule has 0 saturated carbocycles. The van der Waals surface area contributed by atoms with Crippen molar-refractivity contribution in [2.75, 3.05) is 24.6 Å². The Morgan fingerprint density at radius 1 is 1.21 bits per heavy atom. The highest BCUT2D eigenvalue weighted by Gasteiger charge is 2.27. The van der Waals surface area contributed by atoms with Crippen LogP contribution in [0.1, 0.15) is 41.6 Å². The Bertz CT molecular complexity index is 747. The smallest absolute Gasteiger partial charge is 0.135 e. The molecule has 2 heterocycles. The third-order valence-corrected chi connectivity index (χ3v) is 4.88. The van der Waals surface area contributed by atoms with Crippen molar-refractivity contribution >= 4 is 5.82 Å². The molecule has 126 valence electrons. The maximum Gasteiger partial charge on any atom is 0.135 e. The van der Waals surface area contributed by atoms with Crippen LogP contribution in [-0.2, 0) is 17.6 Å². The monoisotopic (exact) mass is 325 g/mol. The highest BCUT2D eigenvalue weighted by Crippen LogP contribution is 2.32. The van der Waals surface area contributed by atoms with Gasteiger partial charge in [-0.1, -0.05) is 12.1 Å². The number of ether oxygens (including phenoxy) is 1. The van der Waals surface area contributed by atoms with Crippen molar-refractivity contribution < 1.29 is 9.84 Å². The number of morpholine rings is 1. The van der Waals surface area contributed by atoms with Crippen molar-refractivity contribution in [1.29, 1.82) is 0 Å². The summed E-state index contributed by atoms with van der Waals surface area (Å²) in [5.74, 6) is 2.22. The van der Waals surface area contributed by atoms with Gasteiger partial charge in [-0.15, -0.1) is 0 Å². The van der Waals surface area contributed by atoms with E-state index in [9.17, 15) is 5.11 Å². The molecule has 2 aliphatic rings. The van der Waals surface area contributed by atoms with Crippen LogP contribution in [0.3, 0.4) is 0 Å². The first-order chi connectivity index (χ1) is 11.7. The molecule has 2 aromatic rings. The molecule has 4 rings (SSSR count). The van der Waals surface area contributed by atoms with Crippen LogP contribution in [-0.4, -0.2) is 34.8 Å². The molecule has 1 saturated heterocycles. The first-order valence-corrected chi connectivity index (χ1v) is 8.72. The summed E-state index contributed by atoms with van der Waals surface area (Å²) in [7, 11) is 0. The lowest BCUT2D eigenvalue weighted by atomic mass is 9.95. The average molecular weight is 325 g/mol. The third-order valence-electron chi connectivity index (χ3n) is 4.88. The maximum atomic E-state index is 9.73. The van der Waals surface area contributed by atoms with Crippen LogP contribution in [0.2, 0.25) is 0 Å². The number of aromatic hydroxyl groups is 1. The lowest BCUT2D eigenvalue weighted by molar-refractivity contribution is 0.0393. The van der Waals surface area contributed by atoms with Gasteiger partial charge in [0.25, 0.3) is 0 Å². The van der Waals surface area contributed by atoms with Gasteiger partial charge in [0.05, 0.1) is 6.61 Å². The van der Waals surface area contributed by atoms with Gasteiger partial charge >= 0.3 is 0 Å². The van der Waals surface area contributed by atoms with E-state index in [-0.39, 0.29) is 11.9 Å². The maximum absolute atomic E-state index is 9.73. The summed E-state index contributed by atoms with van der Waals surface area (Å²) in [5, 5.41) is 9.73. The largest absolute Gasteiger partial charge is 0.508 e. The number of hydrogen-bond acceptors (Lipinski definition) is 5. The van der Waals surface area contributed by atoms with Crippen molar-refractivity contribution in [3.05, 3.63) is 46.9 Å². The van der Waals surface area contributed by atoms with Gasteiger partial charge in [-0.3, -0.25) is 0 Å². The minimum Gasteiger partial charge on any atom is -0.508 e. The van der Waals surface area contributed by atoms with Gasteiger partial charge in [0.1, 0.15) is 23.5 Å². The summed E-state index contributed by atoms with van der Waals surface area (Å²) in [6, 6.07) is 7.35. The van der Waals surface area contributed by atoms with Gasteiger partial charge in [0.2, 0.25) is 0 Å². The predicted molar refractivity (Wildman–Crippen MR) is 92.4 cm³/mol. The Hall–Kier alpha value is -2.14. The van der Waals surface area contributed by atoms with Crippen molar-refractivity contribution in [2.45, 2.75) is 38.7 Å². The number of aryl methyl sites for hydroxylation is 2. The van der Waals surface area contributed by atoms with Crippen LogP contribution in [0.5, 0.6) is 5.75 Å². The molecule has 1 aliphatic carbocycles. The molecule has 5 nitrogen and oxygen atoms in total. The molecule has 0 radical (unpaired) electrons. The lowest BCUT2D eigenvalue weighted by Crippen LogP contribution is -2.40. The van der Waals surface area contributed by atoms with Crippen LogP contribution in [0.15, 0.2) is 24.3 Å². The zero-order chi connectivity index (χ0) is 16.5. The summed E-state index contributed by atoms with van der Waals surface area (Å²) in [4.78, 5) is 11.8. The standard InChI is InChI=1S/C19H23N3O2/c1-13-20-17-8-3-2-7-16(17)19(21-13)22-9-10-24-18(12-22)14-5-4-6-15(23)11-14/h4-6,11,18,23H,2-3,7-10,12H2,1H3. The van der Waals surface area contributed by atoms with Crippen molar-refractivity contribution in [3.8, 4) is 5.75 Å². The van der Waals surface area contributed by atoms with E-state index in [1.54, 1.807) is 12.1 Å². The fraction of sp³-hybridized carbons (Fsp3) is 0.474. The van der Waals surface area contributed by atoms with Crippen LogP contribution >= 0.6 is 0 Å². The van der Waals surface area contributed by atoms with Crippen molar-refractivity contribution in [2.24, 2.45) is 0 Å². The van der Waals surface area contributed by atoms with Gasteiger partial charge < -0.3 is 14.7 Å². The summed E-state index contributed by atoms with van der Waals surface area (Å²) >= 11 is 0. The molecule has 1 aromatic heterocycles. The quantitative estimate of drug-likeness (QED) is 0.920. The van der Waals surface area contributed by atoms with Crippen LogP contribution in [0.4, 0.5) is 5.82 Å². The number of fused-ring (bicyclic) bond motifs is 1. The predicted octanol–water partition coefficient (Wildman–Crippen LogP) is 2.95. The molecule has 0 spiro atoms. The first-order valence-electron chi connectivity index (χ1n) is 8.72. The number of rotatable bonds is 2. The lowest BCUT2D eigenvalue weighted by Gasteiger charge is -2.36. The van der Waals surface area contributed by atoms with Gasteiger partial charge in [-0.25, -0.2) is 9.97 Å². The molecule has 1 aliphatic heterocycles. The molecule has 0 bridgehead atoms. The van der Waals surface area contributed by atoms with Crippen LogP contribution in [0, 0.1) is 6.92 Å². The number of aromatic nitrogens is 2. The summed E-state index contributed by atoms with van der Waals surface area (Å²) in [5.41, 5.74) is 3.56. The van der Waals surface area contributed by atoms with Crippen LogP contribution in [0.25, 0.3) is 0 Å². The average Bonchev–Trinajstić information content (AvgIpc) is 2.61. The van der Waals surface area contributed by atoms with Gasteiger partial charge in [0, 0.05) is 24.3 Å².